The van der Waals surface area contributed by atoms with Crippen molar-refractivity contribution in [2.45, 2.75) is 63.8 Å². The summed E-state index contributed by atoms with van der Waals surface area (Å²) in [6, 6.07) is -0.630. The third-order valence-corrected chi connectivity index (χ3v) is 4.98. The van der Waals surface area contributed by atoms with E-state index in [-0.39, 0.29) is 11.3 Å². The smallest absolute Gasteiger partial charge is 0.326 e. The van der Waals surface area contributed by atoms with Crippen molar-refractivity contribution in [2.75, 3.05) is 13.1 Å². The molecule has 0 aromatic rings. The number of nitrogens with zero attached hydrogens (tertiary/aromatic N) is 1. The van der Waals surface area contributed by atoms with Crippen LogP contribution in [0.2, 0.25) is 0 Å². The highest BCUT2D eigenvalue weighted by Gasteiger charge is 2.38. The van der Waals surface area contributed by atoms with Crippen LogP contribution in [0.5, 0.6) is 0 Å². The van der Waals surface area contributed by atoms with Crippen LogP contribution in [0.4, 0.5) is 0 Å². The maximum Gasteiger partial charge on any atom is 0.326 e. The van der Waals surface area contributed by atoms with Crippen molar-refractivity contribution < 1.29 is 14.7 Å². The third-order valence-electron chi connectivity index (χ3n) is 4.98. The first kappa shape index (κ1) is 15.3. The van der Waals surface area contributed by atoms with Crippen molar-refractivity contribution in [2.24, 2.45) is 11.1 Å². The lowest BCUT2D eigenvalue weighted by Gasteiger charge is -2.39. The molecule has 1 aliphatic carbocycles. The van der Waals surface area contributed by atoms with Crippen molar-refractivity contribution in [3.05, 3.63) is 0 Å². The molecule has 0 aromatic heterocycles. The highest BCUT2D eigenvalue weighted by atomic mass is 16.4. The predicted molar refractivity (Wildman–Crippen MR) is 76.2 cm³/mol. The van der Waals surface area contributed by atoms with E-state index < -0.39 is 12.0 Å². The number of amides is 1. The van der Waals surface area contributed by atoms with Crippen LogP contribution >= 0.6 is 0 Å². The van der Waals surface area contributed by atoms with Gasteiger partial charge in [0.1, 0.15) is 6.04 Å². The number of hydrogen-bond acceptors (Lipinski definition) is 3. The molecule has 0 aromatic carbocycles. The monoisotopic (exact) mass is 282 g/mol. The van der Waals surface area contributed by atoms with Gasteiger partial charge in [-0.3, -0.25) is 4.79 Å². The Morgan fingerprint density at radius 2 is 1.85 bits per heavy atom. The Bertz CT molecular complexity index is 364. The molecule has 0 unspecified atom stereocenters. The van der Waals surface area contributed by atoms with Gasteiger partial charge in [0.25, 0.3) is 0 Å². The second-order valence-corrected chi connectivity index (χ2v) is 6.38. The molecule has 0 spiro atoms. The van der Waals surface area contributed by atoms with Crippen molar-refractivity contribution in [1.29, 1.82) is 0 Å². The molecule has 1 saturated carbocycles. The fraction of sp³-hybridized carbons (Fsp3) is 0.867. The van der Waals surface area contributed by atoms with Gasteiger partial charge in [-0.25, -0.2) is 4.79 Å². The number of carbonyl (C=O) groups is 2. The van der Waals surface area contributed by atoms with Gasteiger partial charge in [0.05, 0.1) is 0 Å². The van der Waals surface area contributed by atoms with E-state index >= 15 is 0 Å². The van der Waals surface area contributed by atoms with Crippen molar-refractivity contribution >= 4 is 11.9 Å². The summed E-state index contributed by atoms with van der Waals surface area (Å²) in [6.07, 6.45) is 8.29. The summed E-state index contributed by atoms with van der Waals surface area (Å²) in [4.78, 5) is 25.4. The summed E-state index contributed by atoms with van der Waals surface area (Å²) in [5, 5.41) is 9.27. The maximum absolute atomic E-state index is 12.6. The largest absolute Gasteiger partial charge is 0.480 e. The molecule has 3 N–H and O–H groups in total. The van der Waals surface area contributed by atoms with Crippen LogP contribution in [0, 0.1) is 5.41 Å². The lowest BCUT2D eigenvalue weighted by Crippen LogP contribution is -2.50. The van der Waals surface area contributed by atoms with Crippen molar-refractivity contribution in [1.82, 2.24) is 4.90 Å². The van der Waals surface area contributed by atoms with Gasteiger partial charge in [0.2, 0.25) is 5.91 Å². The van der Waals surface area contributed by atoms with E-state index in [4.69, 9.17) is 5.73 Å². The SMILES string of the molecule is NCC1(CC(=O)N2CCCC[C@@H]2C(=O)O)CCCCC1. The second kappa shape index (κ2) is 6.57. The van der Waals surface area contributed by atoms with E-state index in [9.17, 15) is 14.7 Å². The number of aliphatic carboxylic acids is 1. The number of piperidine rings is 1. The first-order chi connectivity index (χ1) is 9.58. The van der Waals surface area contributed by atoms with Gasteiger partial charge in [-0.05, 0) is 44.1 Å². The summed E-state index contributed by atoms with van der Waals surface area (Å²) in [5.41, 5.74) is 5.84. The van der Waals surface area contributed by atoms with E-state index in [0.717, 1.165) is 38.5 Å². The minimum absolute atomic E-state index is 0.00977. The van der Waals surface area contributed by atoms with Crippen LogP contribution in [0.15, 0.2) is 0 Å². The third kappa shape index (κ3) is 3.32. The lowest BCUT2D eigenvalue weighted by atomic mass is 9.71. The first-order valence-electron chi connectivity index (χ1n) is 7.80. The van der Waals surface area contributed by atoms with Gasteiger partial charge in [0, 0.05) is 13.0 Å². The Balaban J connectivity index is 2.03. The molecule has 0 bridgehead atoms. The van der Waals surface area contributed by atoms with Gasteiger partial charge < -0.3 is 15.7 Å². The number of rotatable bonds is 4. The van der Waals surface area contributed by atoms with Crippen LogP contribution in [-0.4, -0.2) is 41.0 Å². The van der Waals surface area contributed by atoms with Gasteiger partial charge in [-0.1, -0.05) is 19.3 Å². The average molecular weight is 282 g/mol. The van der Waals surface area contributed by atoms with Crippen molar-refractivity contribution in [3.8, 4) is 0 Å². The molecular formula is C15H26N2O3. The summed E-state index contributed by atoms with van der Waals surface area (Å²) in [7, 11) is 0. The number of carboxylic acid groups (broad SMARTS) is 1. The van der Waals surface area contributed by atoms with E-state index in [0.29, 0.717) is 25.9 Å². The summed E-state index contributed by atoms with van der Waals surface area (Å²) >= 11 is 0. The van der Waals surface area contributed by atoms with E-state index in [1.165, 1.54) is 6.42 Å². The fourth-order valence-corrected chi connectivity index (χ4v) is 3.66. The number of likely N-dealkylation sites (tertiary alicyclic amines) is 1. The molecule has 5 heteroatoms. The highest BCUT2D eigenvalue weighted by Crippen LogP contribution is 2.39. The molecule has 2 rings (SSSR count). The zero-order chi connectivity index (χ0) is 14.6. The van der Waals surface area contributed by atoms with Crippen LogP contribution in [0.1, 0.15) is 57.8 Å². The van der Waals surface area contributed by atoms with E-state index in [1.807, 2.05) is 0 Å². The Morgan fingerprint density at radius 1 is 1.15 bits per heavy atom. The van der Waals surface area contributed by atoms with E-state index in [2.05, 4.69) is 0 Å². The standard InChI is InChI=1S/C15H26N2O3/c16-11-15(7-3-1-4-8-15)10-13(18)17-9-5-2-6-12(17)14(19)20/h12H,1-11,16H2,(H,19,20)/t12-/m1/s1. The van der Waals surface area contributed by atoms with Crippen LogP contribution < -0.4 is 5.73 Å². The lowest BCUT2D eigenvalue weighted by molar-refractivity contribution is -0.153. The Kier molecular flexibility index (Phi) is 5.02. The molecule has 1 heterocycles. The quantitative estimate of drug-likeness (QED) is 0.823. The Labute approximate surface area is 120 Å². The van der Waals surface area contributed by atoms with Gasteiger partial charge in [-0.2, -0.15) is 0 Å². The summed E-state index contributed by atoms with van der Waals surface area (Å²) < 4.78 is 0. The van der Waals surface area contributed by atoms with Gasteiger partial charge >= 0.3 is 5.97 Å². The van der Waals surface area contributed by atoms with Gasteiger partial charge in [-0.15, -0.1) is 0 Å². The minimum Gasteiger partial charge on any atom is -0.480 e. The predicted octanol–water partition coefficient (Wildman–Crippen LogP) is 1.75. The number of carboxylic acids is 1. The fourth-order valence-electron chi connectivity index (χ4n) is 3.66. The number of nitrogens with two attached hydrogens (primary N) is 1. The molecule has 1 atom stereocenters. The topological polar surface area (TPSA) is 83.6 Å². The Morgan fingerprint density at radius 3 is 2.45 bits per heavy atom. The second-order valence-electron chi connectivity index (χ2n) is 6.38. The molecule has 114 valence electrons. The molecule has 20 heavy (non-hydrogen) atoms. The summed E-state index contributed by atoms with van der Waals surface area (Å²) in [5.74, 6) is -0.882. The van der Waals surface area contributed by atoms with Crippen LogP contribution in [0.25, 0.3) is 0 Å². The molecule has 1 amide bonds. The number of hydrogen-bond donors (Lipinski definition) is 2. The summed E-state index contributed by atoms with van der Waals surface area (Å²) in [6.45, 7) is 1.11. The molecule has 5 nitrogen and oxygen atoms in total. The highest BCUT2D eigenvalue weighted by molar-refractivity contribution is 5.84. The molecule has 1 aliphatic heterocycles. The molecular weight excluding hydrogens is 256 g/mol. The molecule has 0 radical (unpaired) electrons. The normalized spacial score (nSPS) is 26.2. The van der Waals surface area contributed by atoms with Crippen molar-refractivity contribution in [3.63, 3.8) is 0 Å². The zero-order valence-electron chi connectivity index (χ0n) is 12.1. The average Bonchev–Trinajstić information content (AvgIpc) is 2.48. The number of carbonyl (C=O) groups excluding carboxylic acids is 1. The zero-order valence-corrected chi connectivity index (χ0v) is 12.1. The van der Waals surface area contributed by atoms with Gasteiger partial charge in [0.15, 0.2) is 0 Å². The molecule has 2 fully saturated rings. The Hall–Kier alpha value is -1.10. The first-order valence-corrected chi connectivity index (χ1v) is 7.80. The molecule has 2 aliphatic rings. The molecule has 1 saturated heterocycles. The van der Waals surface area contributed by atoms with Crippen LogP contribution in [-0.2, 0) is 9.59 Å². The maximum atomic E-state index is 12.6. The van der Waals surface area contributed by atoms with E-state index in [1.54, 1.807) is 4.90 Å². The van der Waals surface area contributed by atoms with Crippen LogP contribution in [0.3, 0.4) is 0 Å². The minimum atomic E-state index is -0.872.